The lowest BCUT2D eigenvalue weighted by molar-refractivity contribution is 0.0694. The van der Waals surface area contributed by atoms with E-state index in [9.17, 15) is 18.0 Å². The van der Waals surface area contributed by atoms with Crippen molar-refractivity contribution in [2.75, 3.05) is 13.2 Å². The van der Waals surface area contributed by atoms with Crippen molar-refractivity contribution in [3.05, 3.63) is 71.4 Å². The molecule has 4 aromatic rings. The second kappa shape index (κ2) is 8.94. The normalized spacial score (nSPS) is 14.6. The van der Waals surface area contributed by atoms with Gasteiger partial charge in [-0.1, -0.05) is 12.1 Å². The van der Waals surface area contributed by atoms with Gasteiger partial charge in [-0.3, -0.25) is 14.2 Å². The molecule has 0 spiro atoms. The maximum absolute atomic E-state index is 15.0. The number of amides is 1. The summed E-state index contributed by atoms with van der Waals surface area (Å²) < 4.78 is 52.5. The first-order valence-corrected chi connectivity index (χ1v) is 10.9. The fourth-order valence-corrected chi connectivity index (χ4v) is 4.20. The Morgan fingerprint density at radius 2 is 1.85 bits per heavy atom. The highest BCUT2D eigenvalue weighted by atomic mass is 19.1. The fraction of sp³-hybridized carbons (Fsp3) is 0.292. The van der Waals surface area contributed by atoms with Crippen LogP contribution in [-0.2, 0) is 18.3 Å². The molecule has 176 valence electrons. The van der Waals surface area contributed by atoms with Gasteiger partial charge in [-0.25, -0.2) is 13.2 Å². The number of benzene rings is 2. The van der Waals surface area contributed by atoms with Gasteiger partial charge >= 0.3 is 0 Å². The molecule has 1 aliphatic heterocycles. The summed E-state index contributed by atoms with van der Waals surface area (Å²) in [7, 11) is 1.76. The number of rotatable bonds is 5. The van der Waals surface area contributed by atoms with Gasteiger partial charge in [-0.2, -0.15) is 10.2 Å². The number of fused-ring (bicyclic) bond motifs is 1. The van der Waals surface area contributed by atoms with Crippen LogP contribution in [0.1, 0.15) is 28.9 Å². The fourth-order valence-electron chi connectivity index (χ4n) is 4.20. The van der Waals surface area contributed by atoms with Crippen molar-refractivity contribution >= 4 is 16.8 Å². The number of halogens is 3. The Morgan fingerprint density at radius 3 is 2.56 bits per heavy atom. The molecular weight excluding hydrogens is 447 g/mol. The number of aryl methyl sites for hydroxylation is 1. The molecule has 2 aromatic carbocycles. The van der Waals surface area contributed by atoms with Gasteiger partial charge in [0.2, 0.25) is 0 Å². The minimum absolute atomic E-state index is 0.143. The Hall–Kier alpha value is -3.66. The predicted molar refractivity (Wildman–Crippen MR) is 119 cm³/mol. The standard InChI is InChI=1S/C24H22F3N5O2/c1-31-12-16(11-28-31)14-2-3-15(20(27)10-14)13-32-23-19(26)5-4-18(25)21(23)22(30-32)24(33)29-17-6-8-34-9-7-17/h2-5,10-12,17H,6-9,13H2,1H3,(H,29,33). The van der Waals surface area contributed by atoms with E-state index in [1.165, 1.54) is 6.07 Å². The first-order valence-electron chi connectivity index (χ1n) is 10.9. The Labute approximate surface area is 193 Å². The van der Waals surface area contributed by atoms with Gasteiger partial charge in [0.25, 0.3) is 5.91 Å². The molecular formula is C24H22F3N5O2. The summed E-state index contributed by atoms with van der Waals surface area (Å²) in [6.45, 7) is 0.843. The van der Waals surface area contributed by atoms with E-state index >= 15 is 0 Å². The molecule has 0 atom stereocenters. The number of ether oxygens (including phenoxy) is 1. The molecule has 1 fully saturated rings. The smallest absolute Gasteiger partial charge is 0.272 e. The molecule has 7 nitrogen and oxygen atoms in total. The molecule has 0 radical (unpaired) electrons. The molecule has 3 heterocycles. The third-order valence-electron chi connectivity index (χ3n) is 5.98. The zero-order valence-corrected chi connectivity index (χ0v) is 18.4. The van der Waals surface area contributed by atoms with Gasteiger partial charge in [-0.15, -0.1) is 0 Å². The molecule has 0 saturated carbocycles. The van der Waals surface area contributed by atoms with Gasteiger partial charge in [0.1, 0.15) is 23.0 Å². The van der Waals surface area contributed by atoms with Crippen LogP contribution in [0.5, 0.6) is 0 Å². The summed E-state index contributed by atoms with van der Waals surface area (Å²) >= 11 is 0. The van der Waals surface area contributed by atoms with Gasteiger partial charge in [0, 0.05) is 43.6 Å². The minimum Gasteiger partial charge on any atom is -0.381 e. The largest absolute Gasteiger partial charge is 0.381 e. The zero-order valence-electron chi connectivity index (χ0n) is 18.4. The van der Waals surface area contributed by atoms with Crippen molar-refractivity contribution in [3.63, 3.8) is 0 Å². The summed E-state index contributed by atoms with van der Waals surface area (Å²) in [5.74, 6) is -2.66. The number of nitrogens with one attached hydrogen (secondary N) is 1. The Morgan fingerprint density at radius 1 is 1.09 bits per heavy atom. The number of carbonyl (C=O) groups is 1. The summed E-state index contributed by atoms with van der Waals surface area (Å²) in [4.78, 5) is 12.9. The van der Waals surface area contributed by atoms with Crippen molar-refractivity contribution in [3.8, 4) is 11.1 Å². The van der Waals surface area contributed by atoms with Crippen LogP contribution >= 0.6 is 0 Å². The van der Waals surface area contributed by atoms with Gasteiger partial charge in [0.05, 0.1) is 18.1 Å². The van der Waals surface area contributed by atoms with Crippen LogP contribution in [0.2, 0.25) is 0 Å². The van der Waals surface area contributed by atoms with E-state index in [2.05, 4.69) is 15.5 Å². The van der Waals surface area contributed by atoms with Crippen LogP contribution in [0, 0.1) is 17.5 Å². The molecule has 10 heteroatoms. The highest BCUT2D eigenvalue weighted by molar-refractivity contribution is 6.05. The number of hydrogen-bond acceptors (Lipinski definition) is 4. The van der Waals surface area contributed by atoms with Crippen LogP contribution in [-0.4, -0.2) is 44.7 Å². The van der Waals surface area contributed by atoms with Gasteiger partial charge < -0.3 is 10.1 Å². The zero-order chi connectivity index (χ0) is 23.8. The maximum atomic E-state index is 15.0. The van der Waals surface area contributed by atoms with E-state index in [1.54, 1.807) is 36.3 Å². The molecule has 1 aliphatic rings. The van der Waals surface area contributed by atoms with Gasteiger partial charge in [-0.05, 0) is 36.6 Å². The van der Waals surface area contributed by atoms with E-state index in [-0.39, 0.29) is 34.7 Å². The molecule has 1 saturated heterocycles. The topological polar surface area (TPSA) is 74.0 Å². The molecule has 2 aromatic heterocycles. The highest BCUT2D eigenvalue weighted by Gasteiger charge is 2.26. The Balaban J connectivity index is 1.50. The van der Waals surface area contributed by atoms with Crippen LogP contribution in [0.3, 0.4) is 0 Å². The van der Waals surface area contributed by atoms with E-state index in [1.807, 2.05) is 0 Å². The number of aromatic nitrogens is 4. The predicted octanol–water partition coefficient (Wildman–Crippen LogP) is 3.81. The van der Waals surface area contributed by atoms with E-state index in [0.717, 1.165) is 22.4 Å². The monoisotopic (exact) mass is 469 g/mol. The summed E-state index contributed by atoms with van der Waals surface area (Å²) in [5.41, 5.74) is 1.18. The summed E-state index contributed by atoms with van der Waals surface area (Å²) in [5, 5.41) is 10.9. The number of carbonyl (C=O) groups excluding carboxylic acids is 1. The van der Waals surface area contributed by atoms with E-state index < -0.39 is 23.4 Å². The molecule has 34 heavy (non-hydrogen) atoms. The molecule has 0 bridgehead atoms. The Bertz CT molecular complexity index is 1370. The molecule has 5 rings (SSSR count). The van der Waals surface area contributed by atoms with Gasteiger partial charge in [0.15, 0.2) is 5.69 Å². The average molecular weight is 469 g/mol. The highest BCUT2D eigenvalue weighted by Crippen LogP contribution is 2.27. The van der Waals surface area contributed by atoms with Crippen molar-refractivity contribution in [2.45, 2.75) is 25.4 Å². The van der Waals surface area contributed by atoms with E-state index in [4.69, 9.17) is 4.74 Å². The number of hydrogen-bond donors (Lipinski definition) is 1. The summed E-state index contributed by atoms with van der Waals surface area (Å²) in [6, 6.07) is 6.42. The quantitative estimate of drug-likeness (QED) is 0.483. The first kappa shape index (κ1) is 22.1. The van der Waals surface area contributed by atoms with Crippen LogP contribution < -0.4 is 5.32 Å². The third-order valence-corrected chi connectivity index (χ3v) is 5.98. The lowest BCUT2D eigenvalue weighted by Crippen LogP contribution is -2.39. The summed E-state index contributed by atoms with van der Waals surface area (Å²) in [6.07, 6.45) is 4.62. The van der Waals surface area contributed by atoms with Crippen molar-refractivity contribution in [2.24, 2.45) is 7.05 Å². The van der Waals surface area contributed by atoms with Crippen LogP contribution in [0.25, 0.3) is 22.0 Å². The van der Waals surface area contributed by atoms with Crippen molar-refractivity contribution in [1.82, 2.24) is 24.9 Å². The maximum Gasteiger partial charge on any atom is 0.272 e. The molecule has 0 aliphatic carbocycles. The van der Waals surface area contributed by atoms with Crippen molar-refractivity contribution in [1.29, 1.82) is 0 Å². The lowest BCUT2D eigenvalue weighted by Gasteiger charge is -2.22. The minimum atomic E-state index is -0.771. The first-order chi connectivity index (χ1) is 16.4. The Kier molecular flexibility index (Phi) is 5.82. The van der Waals surface area contributed by atoms with Crippen LogP contribution in [0.4, 0.5) is 13.2 Å². The second-order valence-electron chi connectivity index (χ2n) is 8.33. The SMILES string of the molecule is Cn1cc(-c2ccc(Cn3nc(C(=O)NC4CCOCC4)c4c(F)ccc(F)c43)c(F)c2)cn1. The molecule has 1 N–H and O–H groups in total. The van der Waals surface area contributed by atoms with E-state index in [0.29, 0.717) is 31.6 Å². The average Bonchev–Trinajstić information content (AvgIpc) is 3.43. The second-order valence-corrected chi connectivity index (χ2v) is 8.33. The lowest BCUT2D eigenvalue weighted by atomic mass is 10.1. The van der Waals surface area contributed by atoms with Crippen LogP contribution in [0.15, 0.2) is 42.7 Å². The third kappa shape index (κ3) is 4.16. The number of nitrogens with zero attached hydrogens (tertiary/aromatic N) is 4. The molecule has 1 amide bonds. The van der Waals surface area contributed by atoms with Crippen molar-refractivity contribution < 1.29 is 22.7 Å². The molecule has 0 unspecified atom stereocenters.